The topological polar surface area (TPSA) is 415 Å². The third kappa shape index (κ3) is 22.6. The van der Waals surface area contributed by atoms with Gasteiger partial charge in [-0.15, -0.1) is 0 Å². The van der Waals surface area contributed by atoms with Gasteiger partial charge in [-0.25, -0.2) is 0 Å². The Hall–Kier alpha value is -7.64. The maximum absolute atomic E-state index is 13.8. The average molecular weight is 991 g/mol. The lowest BCUT2D eigenvalue weighted by Crippen LogP contribution is -2.59. The van der Waals surface area contributed by atoms with E-state index < -0.39 is 190 Å². The molecule has 0 radical (unpaired) electrons. The van der Waals surface area contributed by atoms with Crippen molar-refractivity contribution in [2.24, 2.45) is 0 Å². The lowest BCUT2D eigenvalue weighted by atomic mass is 10.0. The van der Waals surface area contributed by atoms with Crippen LogP contribution in [0, 0.1) is 0 Å². The van der Waals surface area contributed by atoms with E-state index in [2.05, 4.69) is 31.9 Å². The number of amides is 6. The summed E-state index contributed by atoms with van der Waals surface area (Å²) in [7, 11) is 0. The molecule has 12 N–H and O–H groups in total. The molecular weight excluding hydrogens is 937 g/mol. The Morgan fingerprint density at radius 1 is 0.406 bits per heavy atom. The maximum Gasteiger partial charge on any atom is 0.303 e. The number of fused-ring (bicyclic) bond motifs is 1. The molecule has 0 heterocycles. The van der Waals surface area contributed by atoms with Crippen molar-refractivity contribution in [1.82, 2.24) is 31.9 Å². The number of carbonyl (C=O) groups excluding carboxylic acids is 7. The van der Waals surface area contributed by atoms with Crippen LogP contribution in [0.5, 0.6) is 0 Å². The second kappa shape index (κ2) is 29.2. The van der Waals surface area contributed by atoms with E-state index in [0.717, 1.165) is 29.5 Å². The molecular formula is C43H54N6O19S. The van der Waals surface area contributed by atoms with Gasteiger partial charge in [-0.05, 0) is 54.9 Å². The summed E-state index contributed by atoms with van der Waals surface area (Å²) in [4.78, 5) is 162. The molecule has 2 aromatic carbocycles. The number of carboxylic acids is 6. The van der Waals surface area contributed by atoms with Crippen molar-refractivity contribution in [3.8, 4) is 0 Å². The maximum atomic E-state index is 13.8. The molecule has 0 aliphatic rings. The van der Waals surface area contributed by atoms with Crippen molar-refractivity contribution in [1.29, 1.82) is 0 Å². The van der Waals surface area contributed by atoms with Crippen LogP contribution in [0.25, 0.3) is 10.8 Å². The van der Waals surface area contributed by atoms with Crippen LogP contribution < -0.4 is 31.9 Å². The van der Waals surface area contributed by atoms with E-state index in [1.54, 1.807) is 6.07 Å². The fourth-order valence-corrected chi connectivity index (χ4v) is 7.26. The van der Waals surface area contributed by atoms with Gasteiger partial charge in [0.15, 0.2) is 0 Å². The minimum Gasteiger partial charge on any atom is -0.481 e. The van der Waals surface area contributed by atoms with Crippen molar-refractivity contribution in [2.75, 3.05) is 0 Å². The highest BCUT2D eigenvalue weighted by atomic mass is 32.2. The molecule has 0 unspecified atom stereocenters. The monoisotopic (exact) mass is 990 g/mol. The Morgan fingerprint density at radius 3 is 1.01 bits per heavy atom. The Balaban J connectivity index is 2.40. The third-order valence-electron chi connectivity index (χ3n) is 9.90. The van der Waals surface area contributed by atoms with Crippen molar-refractivity contribution in [3.05, 3.63) is 48.0 Å². The summed E-state index contributed by atoms with van der Waals surface area (Å²) in [6.07, 6.45) is -8.02. The molecule has 0 saturated carbocycles. The van der Waals surface area contributed by atoms with Crippen molar-refractivity contribution < 1.29 is 93.0 Å². The van der Waals surface area contributed by atoms with Crippen LogP contribution in [0.3, 0.4) is 0 Å². The first kappa shape index (κ1) is 57.5. The van der Waals surface area contributed by atoms with Crippen LogP contribution >= 0.6 is 11.8 Å². The molecule has 0 bridgehead atoms. The highest BCUT2D eigenvalue weighted by Gasteiger charge is 2.34. The molecule has 25 nitrogen and oxygen atoms in total. The molecule has 69 heavy (non-hydrogen) atoms. The van der Waals surface area contributed by atoms with Crippen molar-refractivity contribution >= 4 is 98.9 Å². The highest BCUT2D eigenvalue weighted by molar-refractivity contribution is 8.13. The summed E-state index contributed by atoms with van der Waals surface area (Å²) in [5.74, 6) is -15.4. The summed E-state index contributed by atoms with van der Waals surface area (Å²) in [5, 5.41) is 70.4. The van der Waals surface area contributed by atoms with Gasteiger partial charge in [0.2, 0.25) is 40.6 Å². The van der Waals surface area contributed by atoms with Gasteiger partial charge in [0.25, 0.3) is 0 Å². The van der Waals surface area contributed by atoms with Gasteiger partial charge in [0, 0.05) is 51.2 Å². The number of aliphatic carboxylic acids is 6. The fourth-order valence-electron chi connectivity index (χ4n) is 6.39. The van der Waals surface area contributed by atoms with Gasteiger partial charge in [-0.1, -0.05) is 54.2 Å². The van der Waals surface area contributed by atoms with Crippen molar-refractivity contribution in [3.63, 3.8) is 0 Å². The van der Waals surface area contributed by atoms with Crippen LogP contribution in [0.15, 0.2) is 42.5 Å². The Bertz CT molecular complexity index is 2260. The number of carbonyl (C=O) groups is 13. The van der Waals surface area contributed by atoms with Gasteiger partial charge in [-0.3, -0.25) is 62.3 Å². The standard InChI is InChI=1S/C43H54N6O19S/c1-22(50)44-26(8-14-32(51)52)38(63)45-27(9-15-33(53)54)39(64)46-28(10-16-34(55)56)40(65)47-29(11-17-35(57)58)41(66)48-30(12-18-36(59)60)42(67)49-31(13-19-37(61)62)43(68)69-21-23-6-7-24-4-2-3-5-25(24)20-23/h2-7,20,26-31H,8-19,21H2,1H3,(H,44,50)(H,45,63)(H,46,64)(H,47,65)(H,48,66)(H,49,67)(H,51,52)(H,53,54)(H,55,56)(H,57,58)(H,59,60)(H,61,62)/t26-,27-,28-,29-,30-,31-/m0/s1. The summed E-state index contributed by atoms with van der Waals surface area (Å²) in [6.45, 7) is 1.01. The van der Waals surface area contributed by atoms with E-state index in [0.29, 0.717) is 5.56 Å². The first-order chi connectivity index (χ1) is 32.4. The molecule has 26 heteroatoms. The largest absolute Gasteiger partial charge is 0.481 e. The van der Waals surface area contributed by atoms with Crippen LogP contribution in [0.4, 0.5) is 0 Å². The Labute approximate surface area is 396 Å². The summed E-state index contributed by atoms with van der Waals surface area (Å²) in [6, 6.07) is 2.41. The van der Waals surface area contributed by atoms with E-state index in [4.69, 9.17) is 5.11 Å². The zero-order valence-electron chi connectivity index (χ0n) is 37.1. The predicted molar refractivity (Wildman–Crippen MR) is 239 cm³/mol. The summed E-state index contributed by atoms with van der Waals surface area (Å²) >= 11 is 0.752. The van der Waals surface area contributed by atoms with E-state index in [1.807, 2.05) is 36.4 Å². The van der Waals surface area contributed by atoms with Gasteiger partial charge in [-0.2, -0.15) is 0 Å². The molecule has 0 saturated heterocycles. The Morgan fingerprint density at radius 2 is 0.696 bits per heavy atom. The minimum absolute atomic E-state index is 0.104. The molecule has 0 aliphatic heterocycles. The number of carboxylic acid groups (broad SMARTS) is 6. The fraction of sp³-hybridized carbons (Fsp3) is 0.465. The number of hydrogen-bond acceptors (Lipinski definition) is 14. The number of nitrogens with one attached hydrogen (secondary N) is 6. The van der Waals surface area contributed by atoms with Crippen LogP contribution in [0.1, 0.15) is 89.5 Å². The van der Waals surface area contributed by atoms with Crippen LogP contribution in [-0.2, 0) is 68.1 Å². The number of thioether (sulfide) groups is 1. The van der Waals surface area contributed by atoms with Crippen LogP contribution in [-0.4, -0.2) is 143 Å². The molecule has 2 aromatic rings. The van der Waals surface area contributed by atoms with Gasteiger partial charge in [0.05, 0.1) is 6.04 Å². The SMILES string of the molecule is CC(=O)N[C@@H](CCC(=O)O)C(=O)N[C@@H](CCC(=O)O)C(=O)N[C@@H](CCC(=O)O)C(=O)N[C@@H](CCC(=O)O)C(=O)N[C@@H](CCC(=O)O)C(=O)N[C@@H](CCC(=O)O)C(=O)SCc1ccc2ccccc2c1. The normalized spacial score (nSPS) is 13.4. The summed E-state index contributed by atoms with van der Waals surface area (Å²) in [5.41, 5.74) is 0.716. The molecule has 0 fully saturated rings. The van der Waals surface area contributed by atoms with Gasteiger partial charge in [0.1, 0.15) is 30.2 Å². The first-order valence-electron chi connectivity index (χ1n) is 21.2. The van der Waals surface area contributed by atoms with Crippen LogP contribution in [0.2, 0.25) is 0 Å². The molecule has 376 valence electrons. The molecule has 0 aromatic heterocycles. The average Bonchev–Trinajstić information content (AvgIpc) is 3.27. The molecule has 6 atom stereocenters. The lowest BCUT2D eigenvalue weighted by Gasteiger charge is -2.27. The van der Waals surface area contributed by atoms with E-state index >= 15 is 0 Å². The van der Waals surface area contributed by atoms with Gasteiger partial charge < -0.3 is 62.5 Å². The Kier molecular flexibility index (Phi) is 24.3. The zero-order chi connectivity index (χ0) is 51.8. The zero-order valence-corrected chi connectivity index (χ0v) is 37.9. The summed E-state index contributed by atoms with van der Waals surface area (Å²) < 4.78 is 0. The van der Waals surface area contributed by atoms with E-state index in [-0.39, 0.29) is 5.75 Å². The highest BCUT2D eigenvalue weighted by Crippen LogP contribution is 2.22. The first-order valence-corrected chi connectivity index (χ1v) is 22.2. The van der Waals surface area contributed by atoms with E-state index in [1.165, 1.54) is 0 Å². The quantitative estimate of drug-likeness (QED) is 0.0448. The lowest BCUT2D eigenvalue weighted by molar-refractivity contribution is -0.141. The smallest absolute Gasteiger partial charge is 0.303 e. The second-order valence-electron chi connectivity index (χ2n) is 15.4. The third-order valence-corrected chi connectivity index (χ3v) is 10.9. The van der Waals surface area contributed by atoms with E-state index in [9.17, 15) is 87.9 Å². The minimum atomic E-state index is -1.91. The molecule has 0 aliphatic carbocycles. The molecule has 0 spiro atoms. The number of hydrogen-bond donors (Lipinski definition) is 12. The number of rotatable bonds is 32. The molecule has 6 amide bonds. The second-order valence-corrected chi connectivity index (χ2v) is 16.4. The van der Waals surface area contributed by atoms with Gasteiger partial charge >= 0.3 is 35.8 Å². The molecule has 2 rings (SSSR count). The van der Waals surface area contributed by atoms with Crippen molar-refractivity contribution in [2.45, 2.75) is 126 Å². The predicted octanol–water partition coefficient (Wildman–Crippen LogP) is -0.283. The number of benzene rings is 2.